The van der Waals surface area contributed by atoms with E-state index in [0.29, 0.717) is 5.69 Å². The molecule has 0 aliphatic rings. The van der Waals surface area contributed by atoms with Gasteiger partial charge in [-0.3, -0.25) is 4.98 Å². The lowest BCUT2D eigenvalue weighted by Crippen LogP contribution is -2.08. The monoisotopic (exact) mass is 252 g/mol. The Labute approximate surface area is 111 Å². The molecule has 0 bridgehead atoms. The first-order valence-electron chi connectivity index (χ1n) is 6.28. The number of hydrogen-bond acceptors (Lipinski definition) is 3. The van der Waals surface area contributed by atoms with Crippen LogP contribution < -0.4 is 11.1 Å². The SMILES string of the molecule is CC(Nc1ccncc1N)c1c[nH]c2ccccc12. The summed E-state index contributed by atoms with van der Waals surface area (Å²) < 4.78 is 0. The van der Waals surface area contributed by atoms with E-state index in [9.17, 15) is 0 Å². The van der Waals surface area contributed by atoms with Gasteiger partial charge in [0, 0.05) is 23.3 Å². The maximum Gasteiger partial charge on any atom is 0.0736 e. The molecule has 3 rings (SSSR count). The molecule has 3 aromatic rings. The van der Waals surface area contributed by atoms with E-state index in [4.69, 9.17) is 5.73 Å². The minimum absolute atomic E-state index is 0.167. The molecule has 0 amide bonds. The fourth-order valence-electron chi connectivity index (χ4n) is 2.30. The standard InChI is InChI=1S/C15H16N4/c1-10(19-15-6-7-17-9-13(15)16)12-8-18-14-5-3-2-4-11(12)14/h2-10,18H,16H2,1H3,(H,17,19). The zero-order chi connectivity index (χ0) is 13.2. The van der Waals surface area contributed by atoms with Crippen molar-refractivity contribution < 1.29 is 0 Å². The molecule has 0 fully saturated rings. The van der Waals surface area contributed by atoms with Gasteiger partial charge in [-0.05, 0) is 24.6 Å². The number of H-pyrrole nitrogens is 1. The minimum atomic E-state index is 0.167. The predicted octanol–water partition coefficient (Wildman–Crippen LogP) is 3.32. The molecule has 4 nitrogen and oxygen atoms in total. The number of aromatic nitrogens is 2. The number of aromatic amines is 1. The second-order valence-corrected chi connectivity index (χ2v) is 4.62. The molecule has 0 aliphatic heterocycles. The summed E-state index contributed by atoms with van der Waals surface area (Å²) in [6.07, 6.45) is 5.44. The van der Waals surface area contributed by atoms with Crippen LogP contribution in [0.5, 0.6) is 0 Å². The van der Waals surface area contributed by atoms with Gasteiger partial charge in [0.2, 0.25) is 0 Å². The molecule has 0 spiro atoms. The second-order valence-electron chi connectivity index (χ2n) is 4.62. The fourth-order valence-corrected chi connectivity index (χ4v) is 2.30. The van der Waals surface area contributed by atoms with Gasteiger partial charge in [-0.25, -0.2) is 0 Å². The molecule has 4 heteroatoms. The number of hydrogen-bond donors (Lipinski definition) is 3. The number of nitrogens with zero attached hydrogens (tertiary/aromatic N) is 1. The summed E-state index contributed by atoms with van der Waals surface area (Å²) in [5, 5.41) is 4.65. The molecule has 96 valence electrons. The molecule has 2 heterocycles. The summed E-state index contributed by atoms with van der Waals surface area (Å²) >= 11 is 0. The minimum Gasteiger partial charge on any atom is -0.396 e. The van der Waals surface area contributed by atoms with Crippen LogP contribution in [-0.2, 0) is 0 Å². The number of nitrogens with two attached hydrogens (primary N) is 1. The number of rotatable bonds is 3. The Bertz CT molecular complexity index is 702. The highest BCUT2D eigenvalue weighted by molar-refractivity contribution is 5.84. The van der Waals surface area contributed by atoms with Gasteiger partial charge in [0.15, 0.2) is 0 Å². The smallest absolute Gasteiger partial charge is 0.0736 e. The first kappa shape index (κ1) is 11.6. The van der Waals surface area contributed by atoms with Crippen LogP contribution in [0.1, 0.15) is 18.5 Å². The lowest BCUT2D eigenvalue weighted by Gasteiger charge is -2.16. The third kappa shape index (κ3) is 2.12. The highest BCUT2D eigenvalue weighted by atomic mass is 14.9. The average molecular weight is 252 g/mol. The zero-order valence-electron chi connectivity index (χ0n) is 10.7. The van der Waals surface area contributed by atoms with Crippen molar-refractivity contribution in [3.8, 4) is 0 Å². The summed E-state index contributed by atoms with van der Waals surface area (Å²) in [5.74, 6) is 0. The van der Waals surface area contributed by atoms with Gasteiger partial charge in [0.05, 0.1) is 23.6 Å². The normalized spacial score (nSPS) is 12.5. The zero-order valence-corrected chi connectivity index (χ0v) is 10.7. The average Bonchev–Trinajstić information content (AvgIpc) is 2.85. The van der Waals surface area contributed by atoms with Crippen LogP contribution in [0.3, 0.4) is 0 Å². The predicted molar refractivity (Wildman–Crippen MR) is 79.0 cm³/mol. The molecule has 0 aliphatic carbocycles. The first-order chi connectivity index (χ1) is 9.25. The van der Waals surface area contributed by atoms with Crippen molar-refractivity contribution in [2.45, 2.75) is 13.0 Å². The fraction of sp³-hybridized carbons (Fsp3) is 0.133. The van der Waals surface area contributed by atoms with Gasteiger partial charge in [-0.15, -0.1) is 0 Å². The number of benzene rings is 1. The van der Waals surface area contributed by atoms with Gasteiger partial charge in [0.25, 0.3) is 0 Å². The summed E-state index contributed by atoms with van der Waals surface area (Å²) in [4.78, 5) is 7.28. The van der Waals surface area contributed by atoms with E-state index < -0.39 is 0 Å². The number of anilines is 2. The van der Waals surface area contributed by atoms with Gasteiger partial charge >= 0.3 is 0 Å². The van der Waals surface area contributed by atoms with E-state index in [0.717, 1.165) is 11.2 Å². The van der Waals surface area contributed by atoms with Crippen LogP contribution in [0.4, 0.5) is 11.4 Å². The van der Waals surface area contributed by atoms with Crippen LogP contribution in [0.2, 0.25) is 0 Å². The highest BCUT2D eigenvalue weighted by Gasteiger charge is 2.11. The van der Waals surface area contributed by atoms with Gasteiger partial charge in [-0.2, -0.15) is 0 Å². The van der Waals surface area contributed by atoms with Crippen molar-refractivity contribution in [3.05, 3.63) is 54.5 Å². The van der Waals surface area contributed by atoms with Gasteiger partial charge < -0.3 is 16.0 Å². The summed E-state index contributed by atoms with van der Waals surface area (Å²) in [6.45, 7) is 2.12. The molecule has 1 unspecified atom stereocenters. The van der Waals surface area contributed by atoms with Crippen molar-refractivity contribution in [1.82, 2.24) is 9.97 Å². The summed E-state index contributed by atoms with van der Waals surface area (Å²) in [6, 6.07) is 10.3. The number of fused-ring (bicyclic) bond motifs is 1. The van der Waals surface area contributed by atoms with Crippen molar-refractivity contribution in [1.29, 1.82) is 0 Å². The maximum absolute atomic E-state index is 5.90. The Kier molecular flexibility index (Phi) is 2.83. The van der Waals surface area contributed by atoms with Crippen molar-refractivity contribution in [2.75, 3.05) is 11.1 Å². The summed E-state index contributed by atoms with van der Waals surface area (Å²) in [7, 11) is 0. The van der Waals surface area contributed by atoms with Gasteiger partial charge in [-0.1, -0.05) is 18.2 Å². The maximum atomic E-state index is 5.90. The molecule has 19 heavy (non-hydrogen) atoms. The topological polar surface area (TPSA) is 66.7 Å². The third-order valence-corrected chi connectivity index (χ3v) is 3.31. The van der Waals surface area contributed by atoms with E-state index in [1.165, 1.54) is 10.9 Å². The van der Waals surface area contributed by atoms with Crippen LogP contribution >= 0.6 is 0 Å². The Balaban J connectivity index is 1.92. The van der Waals surface area contributed by atoms with Crippen LogP contribution in [0.15, 0.2) is 48.9 Å². The van der Waals surface area contributed by atoms with E-state index in [1.54, 1.807) is 12.4 Å². The molecule has 4 N–H and O–H groups in total. The van der Waals surface area contributed by atoms with Crippen molar-refractivity contribution in [3.63, 3.8) is 0 Å². The molecule has 1 atom stereocenters. The van der Waals surface area contributed by atoms with Crippen molar-refractivity contribution in [2.24, 2.45) is 0 Å². The molecular formula is C15H16N4. The van der Waals surface area contributed by atoms with E-state index in [2.05, 4.69) is 34.3 Å². The van der Waals surface area contributed by atoms with Crippen LogP contribution in [0.25, 0.3) is 10.9 Å². The number of nitrogen functional groups attached to an aromatic ring is 1. The van der Waals surface area contributed by atoms with E-state index in [1.807, 2.05) is 24.4 Å². The number of para-hydroxylation sites is 1. The Morgan fingerprint density at radius 3 is 2.95 bits per heavy atom. The number of nitrogens with one attached hydrogen (secondary N) is 2. The molecule has 2 aromatic heterocycles. The molecule has 1 aromatic carbocycles. The molecular weight excluding hydrogens is 236 g/mol. The number of pyridine rings is 1. The quantitative estimate of drug-likeness (QED) is 0.670. The lowest BCUT2D eigenvalue weighted by molar-refractivity contribution is 0.894. The molecule has 0 radical (unpaired) electrons. The second kappa shape index (κ2) is 4.65. The molecule has 0 saturated heterocycles. The summed E-state index contributed by atoms with van der Waals surface area (Å²) in [5.41, 5.74) is 9.85. The largest absolute Gasteiger partial charge is 0.396 e. The van der Waals surface area contributed by atoms with Gasteiger partial charge in [0.1, 0.15) is 0 Å². The first-order valence-corrected chi connectivity index (χ1v) is 6.28. The lowest BCUT2D eigenvalue weighted by atomic mass is 10.1. The Morgan fingerprint density at radius 2 is 2.11 bits per heavy atom. The molecule has 0 saturated carbocycles. The Hall–Kier alpha value is -2.49. The van der Waals surface area contributed by atoms with Crippen LogP contribution in [0, 0.1) is 0 Å². The highest BCUT2D eigenvalue weighted by Crippen LogP contribution is 2.28. The van der Waals surface area contributed by atoms with Crippen LogP contribution in [-0.4, -0.2) is 9.97 Å². The Morgan fingerprint density at radius 1 is 1.26 bits per heavy atom. The van der Waals surface area contributed by atoms with Crippen molar-refractivity contribution >= 4 is 22.3 Å². The van der Waals surface area contributed by atoms with E-state index in [-0.39, 0.29) is 6.04 Å². The third-order valence-electron chi connectivity index (χ3n) is 3.31. The van der Waals surface area contributed by atoms with E-state index >= 15 is 0 Å².